The van der Waals surface area contributed by atoms with Gasteiger partial charge in [-0.15, -0.1) is 10.2 Å². The van der Waals surface area contributed by atoms with Gasteiger partial charge in [-0.05, 0) is 30.2 Å². The van der Waals surface area contributed by atoms with Crippen LogP contribution >= 0.6 is 0 Å². The van der Waals surface area contributed by atoms with Gasteiger partial charge >= 0.3 is 0 Å². The van der Waals surface area contributed by atoms with E-state index in [1.807, 2.05) is 37.3 Å². The fourth-order valence-electron chi connectivity index (χ4n) is 2.36. The van der Waals surface area contributed by atoms with E-state index in [2.05, 4.69) is 15.5 Å². The topological polar surface area (TPSA) is 88.3 Å². The summed E-state index contributed by atoms with van der Waals surface area (Å²) >= 11 is 0. The van der Waals surface area contributed by atoms with E-state index in [1.165, 1.54) is 6.39 Å². The van der Waals surface area contributed by atoms with Crippen LogP contribution in [-0.4, -0.2) is 21.2 Å². The molecular weight excluding hydrogens is 306 g/mol. The largest absolute Gasteiger partial charge is 0.423 e. The third kappa shape index (κ3) is 3.67. The van der Waals surface area contributed by atoms with Crippen molar-refractivity contribution >= 4 is 11.6 Å². The first-order chi connectivity index (χ1) is 11.6. The molecule has 2 N–H and O–H groups in total. The summed E-state index contributed by atoms with van der Waals surface area (Å²) < 4.78 is 5.17. The number of carbonyl (C=O) groups is 1. The first-order valence-corrected chi connectivity index (χ1v) is 7.53. The fraction of sp³-hybridized carbons (Fsp3) is 0.167. The second-order valence-electron chi connectivity index (χ2n) is 5.45. The predicted octanol–water partition coefficient (Wildman–Crippen LogP) is 3.11. The number of nitrogens with zero attached hydrogens (tertiary/aromatic N) is 2. The van der Waals surface area contributed by atoms with Crippen molar-refractivity contribution in [1.29, 1.82) is 0 Å². The molecule has 6 nitrogen and oxygen atoms in total. The van der Waals surface area contributed by atoms with E-state index in [-0.39, 0.29) is 12.3 Å². The van der Waals surface area contributed by atoms with Crippen molar-refractivity contribution in [3.8, 4) is 11.5 Å². The Labute approximate surface area is 139 Å². The summed E-state index contributed by atoms with van der Waals surface area (Å²) in [6.45, 7) is 1.89. The van der Waals surface area contributed by atoms with Crippen LogP contribution < -0.4 is 5.32 Å². The second kappa shape index (κ2) is 7.06. The lowest BCUT2D eigenvalue weighted by Gasteiger charge is -2.13. The highest BCUT2D eigenvalue weighted by atomic mass is 16.4. The zero-order chi connectivity index (χ0) is 16.9. The van der Waals surface area contributed by atoms with Crippen LogP contribution in [0.5, 0.6) is 0 Å². The van der Waals surface area contributed by atoms with Gasteiger partial charge in [0, 0.05) is 11.3 Å². The maximum absolute atomic E-state index is 12.2. The van der Waals surface area contributed by atoms with Gasteiger partial charge in [0.2, 0.25) is 18.2 Å². The number of aliphatic hydroxyl groups is 1. The van der Waals surface area contributed by atoms with E-state index in [0.717, 1.165) is 11.1 Å². The van der Waals surface area contributed by atoms with Crippen molar-refractivity contribution in [2.75, 3.05) is 5.32 Å². The van der Waals surface area contributed by atoms with Crippen LogP contribution in [-0.2, 0) is 4.79 Å². The molecule has 122 valence electrons. The number of carbonyl (C=O) groups excluding carboxylic acids is 1. The van der Waals surface area contributed by atoms with E-state index in [0.29, 0.717) is 17.1 Å². The van der Waals surface area contributed by atoms with E-state index < -0.39 is 6.10 Å². The number of aryl methyl sites for hydroxylation is 1. The molecule has 1 aromatic heterocycles. The Kier molecular flexibility index (Phi) is 4.67. The highest BCUT2D eigenvalue weighted by Gasteiger charge is 2.14. The fourth-order valence-corrected chi connectivity index (χ4v) is 2.36. The number of benzene rings is 2. The third-order valence-corrected chi connectivity index (χ3v) is 3.68. The van der Waals surface area contributed by atoms with Crippen LogP contribution in [0.4, 0.5) is 5.69 Å². The van der Waals surface area contributed by atoms with Crippen molar-refractivity contribution in [3.05, 3.63) is 66.1 Å². The minimum atomic E-state index is -0.842. The molecule has 0 radical (unpaired) electrons. The first-order valence-electron chi connectivity index (χ1n) is 7.53. The number of amides is 1. The Morgan fingerprint density at radius 1 is 1.25 bits per heavy atom. The summed E-state index contributed by atoms with van der Waals surface area (Å²) in [6.07, 6.45) is 0.392. The van der Waals surface area contributed by atoms with Crippen molar-refractivity contribution in [3.63, 3.8) is 0 Å². The molecule has 24 heavy (non-hydrogen) atoms. The summed E-state index contributed by atoms with van der Waals surface area (Å²) in [5, 5.41) is 20.5. The lowest BCUT2D eigenvalue weighted by atomic mass is 10.1. The zero-order valence-electron chi connectivity index (χ0n) is 13.1. The van der Waals surface area contributed by atoms with Gasteiger partial charge in [0.1, 0.15) is 0 Å². The predicted molar refractivity (Wildman–Crippen MR) is 89.1 cm³/mol. The SMILES string of the molecule is Cc1ccc(-c2nnco2)cc1NC(=O)CC(O)c1ccccc1. The number of rotatable bonds is 5. The van der Waals surface area contributed by atoms with Crippen molar-refractivity contribution < 1.29 is 14.3 Å². The van der Waals surface area contributed by atoms with Crippen molar-refractivity contribution in [1.82, 2.24) is 10.2 Å². The maximum Gasteiger partial charge on any atom is 0.247 e. The molecule has 1 unspecified atom stereocenters. The van der Waals surface area contributed by atoms with E-state index >= 15 is 0 Å². The molecular formula is C18H17N3O3. The molecule has 0 saturated carbocycles. The van der Waals surface area contributed by atoms with Crippen molar-refractivity contribution in [2.45, 2.75) is 19.4 Å². The van der Waals surface area contributed by atoms with Gasteiger partial charge in [-0.25, -0.2) is 0 Å². The number of hydrogen-bond donors (Lipinski definition) is 2. The summed E-state index contributed by atoms with van der Waals surface area (Å²) in [5.74, 6) is 0.118. The molecule has 0 aliphatic rings. The minimum absolute atomic E-state index is 0.0196. The average Bonchev–Trinajstić information content (AvgIpc) is 3.12. The standard InChI is InChI=1S/C18H17N3O3/c1-12-7-8-14(18-21-19-11-24-18)9-15(12)20-17(23)10-16(22)13-5-3-2-4-6-13/h2-9,11,16,22H,10H2,1H3,(H,20,23). The lowest BCUT2D eigenvalue weighted by molar-refractivity contribution is -0.118. The van der Waals surface area contributed by atoms with Crippen molar-refractivity contribution in [2.24, 2.45) is 0 Å². The van der Waals surface area contributed by atoms with Gasteiger partial charge in [-0.1, -0.05) is 36.4 Å². The molecule has 2 aromatic carbocycles. The molecule has 0 saturated heterocycles. The summed E-state index contributed by atoms with van der Waals surface area (Å²) in [4.78, 5) is 12.2. The summed E-state index contributed by atoms with van der Waals surface area (Å²) in [7, 11) is 0. The van der Waals surface area contributed by atoms with Gasteiger partial charge in [-0.3, -0.25) is 4.79 Å². The summed E-state index contributed by atoms with van der Waals surface area (Å²) in [5.41, 5.74) is 2.98. The van der Waals surface area contributed by atoms with Crippen LogP contribution in [0.1, 0.15) is 23.7 Å². The number of aromatic nitrogens is 2. The van der Waals surface area contributed by atoms with Crippen LogP contribution in [0.25, 0.3) is 11.5 Å². The van der Waals surface area contributed by atoms with E-state index in [4.69, 9.17) is 4.42 Å². The molecule has 0 aliphatic heterocycles. The molecule has 1 amide bonds. The number of anilines is 1. The lowest BCUT2D eigenvalue weighted by Crippen LogP contribution is -2.16. The Morgan fingerprint density at radius 3 is 2.75 bits per heavy atom. The van der Waals surface area contributed by atoms with Gasteiger partial charge in [0.05, 0.1) is 12.5 Å². The molecule has 0 bridgehead atoms. The normalized spacial score (nSPS) is 11.9. The van der Waals surface area contributed by atoms with Crippen LogP contribution in [0.15, 0.2) is 59.3 Å². The Balaban J connectivity index is 1.71. The molecule has 1 atom stereocenters. The zero-order valence-corrected chi connectivity index (χ0v) is 13.1. The van der Waals surface area contributed by atoms with Gasteiger partial charge in [0.15, 0.2) is 0 Å². The van der Waals surface area contributed by atoms with E-state index in [9.17, 15) is 9.90 Å². The monoisotopic (exact) mass is 323 g/mol. The summed E-state index contributed by atoms with van der Waals surface area (Å²) in [6, 6.07) is 14.6. The number of aliphatic hydroxyl groups excluding tert-OH is 1. The molecule has 6 heteroatoms. The molecule has 3 rings (SSSR count). The van der Waals surface area contributed by atoms with Crippen LogP contribution in [0.3, 0.4) is 0 Å². The van der Waals surface area contributed by atoms with Crippen LogP contribution in [0.2, 0.25) is 0 Å². The average molecular weight is 323 g/mol. The Bertz CT molecular complexity index is 817. The third-order valence-electron chi connectivity index (χ3n) is 3.68. The Morgan fingerprint density at radius 2 is 2.04 bits per heavy atom. The quantitative estimate of drug-likeness (QED) is 0.753. The van der Waals surface area contributed by atoms with Crippen LogP contribution in [0, 0.1) is 6.92 Å². The number of nitrogens with one attached hydrogen (secondary N) is 1. The highest BCUT2D eigenvalue weighted by molar-refractivity contribution is 5.92. The Hall–Kier alpha value is -2.99. The smallest absolute Gasteiger partial charge is 0.247 e. The second-order valence-corrected chi connectivity index (χ2v) is 5.45. The molecule has 3 aromatic rings. The molecule has 0 fully saturated rings. The highest BCUT2D eigenvalue weighted by Crippen LogP contribution is 2.25. The maximum atomic E-state index is 12.2. The van der Waals surface area contributed by atoms with Gasteiger partial charge in [0.25, 0.3) is 0 Å². The molecule has 1 heterocycles. The molecule has 0 spiro atoms. The number of hydrogen-bond acceptors (Lipinski definition) is 5. The van der Waals surface area contributed by atoms with Gasteiger partial charge < -0.3 is 14.8 Å². The van der Waals surface area contributed by atoms with Gasteiger partial charge in [-0.2, -0.15) is 0 Å². The van der Waals surface area contributed by atoms with E-state index in [1.54, 1.807) is 18.2 Å². The first kappa shape index (κ1) is 15.9. The molecule has 0 aliphatic carbocycles. The minimum Gasteiger partial charge on any atom is -0.423 e.